The highest BCUT2D eigenvalue weighted by molar-refractivity contribution is 7.16. The molecule has 3 aromatic rings. The molecule has 0 unspecified atom stereocenters. The number of amides is 1. The van der Waals surface area contributed by atoms with Crippen LogP contribution in [0.5, 0.6) is 5.75 Å². The first kappa shape index (κ1) is 18.3. The number of halogens is 2. The molecule has 7 heteroatoms. The number of rotatable bonds is 5. The highest BCUT2D eigenvalue weighted by Gasteiger charge is 2.18. The molecule has 0 N–H and O–H groups in total. The monoisotopic (exact) mass is 376 g/mol. The van der Waals surface area contributed by atoms with E-state index in [1.54, 1.807) is 0 Å². The number of benzene rings is 2. The molecule has 0 atom stereocenters. The van der Waals surface area contributed by atoms with Crippen LogP contribution in [0.4, 0.5) is 8.78 Å². The van der Waals surface area contributed by atoms with Gasteiger partial charge in [0.15, 0.2) is 4.80 Å². The maximum absolute atomic E-state index is 13.9. The lowest BCUT2D eigenvalue weighted by Gasteiger charge is -2.08. The molecule has 0 aliphatic rings. The molecule has 0 fully saturated rings. The third-order valence-electron chi connectivity index (χ3n) is 3.78. The Morgan fingerprint density at radius 3 is 2.50 bits per heavy atom. The van der Waals surface area contributed by atoms with Crippen molar-refractivity contribution in [2.45, 2.75) is 26.8 Å². The molecule has 0 radical (unpaired) electrons. The van der Waals surface area contributed by atoms with Gasteiger partial charge in [0.2, 0.25) is 0 Å². The van der Waals surface area contributed by atoms with Crippen LogP contribution in [0, 0.1) is 11.6 Å². The van der Waals surface area contributed by atoms with Crippen LogP contribution in [0.15, 0.2) is 41.4 Å². The minimum Gasteiger partial charge on any atom is -0.492 e. The third-order valence-corrected chi connectivity index (χ3v) is 4.83. The number of aromatic nitrogens is 1. The van der Waals surface area contributed by atoms with Gasteiger partial charge in [0.25, 0.3) is 5.91 Å². The number of ether oxygens (including phenoxy) is 1. The first-order valence-corrected chi connectivity index (χ1v) is 9.16. The van der Waals surface area contributed by atoms with E-state index >= 15 is 0 Å². The second-order valence-corrected chi connectivity index (χ2v) is 6.59. The molecule has 0 aliphatic carbocycles. The maximum atomic E-state index is 13.9. The molecule has 1 aromatic heterocycles. The first-order valence-electron chi connectivity index (χ1n) is 8.35. The molecule has 0 saturated carbocycles. The van der Waals surface area contributed by atoms with E-state index in [2.05, 4.69) is 4.99 Å². The Morgan fingerprint density at radius 1 is 1.15 bits per heavy atom. The first-order chi connectivity index (χ1) is 12.6. The molecule has 1 heterocycles. The van der Waals surface area contributed by atoms with Gasteiger partial charge in [0.05, 0.1) is 11.3 Å². The molecule has 0 saturated heterocycles. The fourth-order valence-corrected chi connectivity index (χ4v) is 3.80. The molecule has 4 nitrogen and oxygen atoms in total. The van der Waals surface area contributed by atoms with E-state index in [0.717, 1.165) is 28.8 Å². The maximum Gasteiger partial charge on any atom is 0.285 e. The Kier molecular flexibility index (Phi) is 5.46. The molecule has 1 amide bonds. The number of hydrogen-bond acceptors (Lipinski definition) is 3. The summed E-state index contributed by atoms with van der Waals surface area (Å²) in [5.74, 6) is -2.08. The van der Waals surface area contributed by atoms with Gasteiger partial charge in [-0.05, 0) is 37.6 Å². The zero-order chi connectivity index (χ0) is 18.7. The summed E-state index contributed by atoms with van der Waals surface area (Å²) >= 11 is 1.29. The van der Waals surface area contributed by atoms with Gasteiger partial charge in [-0.1, -0.05) is 30.4 Å². The number of thiazole rings is 1. The number of carbonyl (C=O) groups is 1. The minimum absolute atomic E-state index is 0.390. The summed E-state index contributed by atoms with van der Waals surface area (Å²) < 4.78 is 36.2. The van der Waals surface area contributed by atoms with Crippen LogP contribution < -0.4 is 9.54 Å². The van der Waals surface area contributed by atoms with E-state index in [4.69, 9.17) is 4.74 Å². The fourth-order valence-electron chi connectivity index (χ4n) is 2.73. The Bertz CT molecular complexity index is 1000. The Balaban J connectivity index is 2.21. The van der Waals surface area contributed by atoms with Gasteiger partial charge >= 0.3 is 0 Å². The fraction of sp³-hybridized carbons (Fsp3) is 0.263. The zero-order valence-electron chi connectivity index (χ0n) is 14.5. The summed E-state index contributed by atoms with van der Waals surface area (Å²) in [6.45, 7) is 5.01. The summed E-state index contributed by atoms with van der Waals surface area (Å²) in [6.07, 6.45) is 0.807. The number of para-hydroxylation sites is 1. The molecular weight excluding hydrogens is 358 g/mol. The second kappa shape index (κ2) is 7.78. The van der Waals surface area contributed by atoms with Gasteiger partial charge in [-0.2, -0.15) is 4.99 Å². The SMILES string of the molecule is CCCn1c(=NC(=O)c2c(F)cccc2F)sc2cccc(OCC)c21. The van der Waals surface area contributed by atoms with E-state index in [1.807, 2.05) is 36.6 Å². The number of nitrogens with zero attached hydrogens (tertiary/aromatic N) is 2. The lowest BCUT2D eigenvalue weighted by Crippen LogP contribution is -2.18. The summed E-state index contributed by atoms with van der Waals surface area (Å²) in [5, 5.41) is 0. The van der Waals surface area contributed by atoms with Crippen molar-refractivity contribution >= 4 is 27.5 Å². The number of carbonyl (C=O) groups excluding carboxylic acids is 1. The largest absolute Gasteiger partial charge is 0.492 e. The van der Waals surface area contributed by atoms with Crippen molar-refractivity contribution in [2.75, 3.05) is 6.61 Å². The van der Waals surface area contributed by atoms with Crippen molar-refractivity contribution in [1.82, 2.24) is 4.57 Å². The average molecular weight is 376 g/mol. The summed E-state index contributed by atoms with van der Waals surface area (Å²) in [4.78, 5) is 16.8. The average Bonchev–Trinajstić information content (AvgIpc) is 2.94. The molecule has 0 spiro atoms. The molecule has 136 valence electrons. The van der Waals surface area contributed by atoms with E-state index in [9.17, 15) is 13.6 Å². The van der Waals surface area contributed by atoms with Crippen LogP contribution in [0.1, 0.15) is 30.6 Å². The van der Waals surface area contributed by atoms with Crippen LogP contribution >= 0.6 is 11.3 Å². The topological polar surface area (TPSA) is 43.6 Å². The predicted octanol–water partition coefficient (Wildman–Crippen LogP) is 4.53. The molecule has 2 aromatic carbocycles. The Labute approximate surface area is 153 Å². The lowest BCUT2D eigenvalue weighted by atomic mass is 10.2. The summed E-state index contributed by atoms with van der Waals surface area (Å²) in [6, 6.07) is 8.93. The molecule has 3 rings (SSSR count). The van der Waals surface area contributed by atoms with Gasteiger partial charge in [-0.25, -0.2) is 8.78 Å². The normalized spacial score (nSPS) is 11.9. The van der Waals surface area contributed by atoms with Gasteiger partial charge < -0.3 is 9.30 Å². The van der Waals surface area contributed by atoms with Crippen LogP contribution in [0.25, 0.3) is 10.2 Å². The third kappa shape index (κ3) is 3.39. The van der Waals surface area contributed by atoms with Crippen molar-refractivity contribution in [2.24, 2.45) is 4.99 Å². The van der Waals surface area contributed by atoms with Crippen LogP contribution in [0.2, 0.25) is 0 Å². The molecular formula is C19H18F2N2O2S. The lowest BCUT2D eigenvalue weighted by molar-refractivity contribution is 0.0989. The number of hydrogen-bond donors (Lipinski definition) is 0. The Hall–Kier alpha value is -2.54. The highest BCUT2D eigenvalue weighted by atomic mass is 32.1. The molecule has 0 aliphatic heterocycles. The van der Waals surface area contributed by atoms with Gasteiger partial charge in [-0.3, -0.25) is 4.79 Å². The van der Waals surface area contributed by atoms with Crippen molar-refractivity contribution in [1.29, 1.82) is 0 Å². The van der Waals surface area contributed by atoms with Crippen molar-refractivity contribution in [3.63, 3.8) is 0 Å². The van der Waals surface area contributed by atoms with E-state index < -0.39 is 23.1 Å². The van der Waals surface area contributed by atoms with Gasteiger partial charge in [0.1, 0.15) is 28.5 Å². The van der Waals surface area contributed by atoms with Crippen LogP contribution in [-0.2, 0) is 6.54 Å². The zero-order valence-corrected chi connectivity index (χ0v) is 15.3. The quantitative estimate of drug-likeness (QED) is 0.657. The second-order valence-electron chi connectivity index (χ2n) is 5.59. The van der Waals surface area contributed by atoms with Crippen LogP contribution in [0.3, 0.4) is 0 Å². The van der Waals surface area contributed by atoms with E-state index in [-0.39, 0.29) is 0 Å². The van der Waals surface area contributed by atoms with Gasteiger partial charge in [-0.15, -0.1) is 0 Å². The molecule has 0 bridgehead atoms. The number of fused-ring (bicyclic) bond motifs is 1. The van der Waals surface area contributed by atoms with E-state index in [1.165, 1.54) is 17.4 Å². The van der Waals surface area contributed by atoms with Crippen molar-refractivity contribution in [3.05, 3.63) is 58.4 Å². The number of aryl methyl sites for hydroxylation is 1. The minimum atomic E-state index is -0.935. The van der Waals surface area contributed by atoms with E-state index in [0.29, 0.717) is 23.7 Å². The Morgan fingerprint density at radius 2 is 1.85 bits per heavy atom. The standard InChI is InChI=1S/C19H18F2N2O2S/c1-3-11-23-17-14(25-4-2)9-6-10-15(17)26-19(23)22-18(24)16-12(20)7-5-8-13(16)21/h5-10H,3-4,11H2,1-2H3. The van der Waals surface area contributed by atoms with Gasteiger partial charge in [0, 0.05) is 6.54 Å². The smallest absolute Gasteiger partial charge is 0.285 e. The highest BCUT2D eigenvalue weighted by Crippen LogP contribution is 2.28. The van der Waals surface area contributed by atoms with Crippen molar-refractivity contribution < 1.29 is 18.3 Å². The predicted molar refractivity (Wildman–Crippen MR) is 97.5 cm³/mol. The van der Waals surface area contributed by atoms with Crippen molar-refractivity contribution in [3.8, 4) is 5.75 Å². The van der Waals surface area contributed by atoms with Crippen LogP contribution in [-0.4, -0.2) is 17.1 Å². The molecule has 26 heavy (non-hydrogen) atoms. The summed E-state index contributed by atoms with van der Waals surface area (Å²) in [7, 11) is 0. The summed E-state index contributed by atoms with van der Waals surface area (Å²) in [5.41, 5.74) is 0.194.